The number of aliphatic hydroxyl groups is 1. The average Bonchev–Trinajstić information content (AvgIpc) is 2.98. The van der Waals surface area contributed by atoms with Gasteiger partial charge in [-0.1, -0.05) is 6.92 Å². The molecule has 2 amide bonds. The quantitative estimate of drug-likeness (QED) is 0.754. The fraction of sp³-hybridized carbons (Fsp3) is 0.588. The van der Waals surface area contributed by atoms with E-state index in [9.17, 15) is 14.3 Å². The molecule has 2 unspecified atom stereocenters. The second-order valence-electron chi connectivity index (χ2n) is 6.42. The van der Waals surface area contributed by atoms with Gasteiger partial charge in [0.15, 0.2) is 0 Å². The molecule has 2 rings (SSSR count). The highest BCUT2D eigenvalue weighted by Crippen LogP contribution is 2.25. The number of hydrogen-bond acceptors (Lipinski definition) is 3. The van der Waals surface area contributed by atoms with Gasteiger partial charge in [-0.15, -0.1) is 0 Å². The molecule has 0 aliphatic carbocycles. The van der Waals surface area contributed by atoms with Crippen molar-refractivity contribution < 1.29 is 14.3 Å². The summed E-state index contributed by atoms with van der Waals surface area (Å²) in [6, 6.07) is 4.26. The Morgan fingerprint density at radius 1 is 1.30 bits per heavy atom. The third-order valence-corrected chi connectivity index (χ3v) is 3.97. The normalized spacial score (nSPS) is 17.0. The molecule has 0 aromatic heterocycles. The number of halogens is 1. The Labute approximate surface area is 136 Å². The minimum Gasteiger partial charge on any atom is -0.393 e. The van der Waals surface area contributed by atoms with Gasteiger partial charge in [0.05, 0.1) is 6.10 Å². The van der Waals surface area contributed by atoms with Crippen molar-refractivity contribution in [1.29, 1.82) is 0 Å². The number of amides is 2. The van der Waals surface area contributed by atoms with Gasteiger partial charge in [0.1, 0.15) is 5.82 Å². The van der Waals surface area contributed by atoms with Gasteiger partial charge in [0.25, 0.3) is 0 Å². The molecule has 1 aromatic rings. The lowest BCUT2D eigenvalue weighted by Crippen LogP contribution is -2.33. The van der Waals surface area contributed by atoms with Crippen molar-refractivity contribution in [2.75, 3.05) is 29.9 Å². The van der Waals surface area contributed by atoms with Crippen molar-refractivity contribution in [3.05, 3.63) is 24.0 Å². The van der Waals surface area contributed by atoms with E-state index >= 15 is 0 Å². The number of urea groups is 1. The van der Waals surface area contributed by atoms with Crippen LogP contribution < -0.4 is 15.5 Å². The second kappa shape index (κ2) is 8.15. The first-order chi connectivity index (χ1) is 10.9. The minimum atomic E-state index is -0.388. The number of hydrogen-bond donors (Lipinski definition) is 3. The number of rotatable bonds is 6. The molecule has 1 aliphatic rings. The molecule has 1 fully saturated rings. The molecular weight excluding hydrogens is 297 g/mol. The Morgan fingerprint density at radius 3 is 2.65 bits per heavy atom. The Kier molecular flexibility index (Phi) is 6.21. The average molecular weight is 323 g/mol. The maximum absolute atomic E-state index is 13.8. The van der Waals surface area contributed by atoms with Gasteiger partial charge in [-0.25, -0.2) is 9.18 Å². The lowest BCUT2D eigenvalue weighted by Gasteiger charge is -2.19. The van der Waals surface area contributed by atoms with Crippen molar-refractivity contribution in [3.63, 3.8) is 0 Å². The van der Waals surface area contributed by atoms with E-state index < -0.39 is 0 Å². The molecule has 6 heteroatoms. The van der Waals surface area contributed by atoms with E-state index in [-0.39, 0.29) is 23.9 Å². The standard InChI is InChI=1S/C17H26FN3O2/c1-12(7-13(2)22)11-19-17(23)20-15-8-14(18)9-16(10-15)21-5-3-4-6-21/h8-10,12-13,22H,3-7,11H2,1-2H3,(H2,19,20,23). The number of carbonyl (C=O) groups is 1. The lowest BCUT2D eigenvalue weighted by atomic mass is 10.1. The summed E-state index contributed by atoms with van der Waals surface area (Å²) < 4.78 is 13.8. The molecule has 1 saturated heterocycles. The summed E-state index contributed by atoms with van der Waals surface area (Å²) in [4.78, 5) is 14.0. The van der Waals surface area contributed by atoms with Crippen LogP contribution in [0.4, 0.5) is 20.6 Å². The van der Waals surface area contributed by atoms with Gasteiger partial charge in [0, 0.05) is 31.0 Å². The number of nitrogens with one attached hydrogen (secondary N) is 2. The topological polar surface area (TPSA) is 64.6 Å². The van der Waals surface area contributed by atoms with Crippen LogP contribution in [0.3, 0.4) is 0 Å². The van der Waals surface area contributed by atoms with Gasteiger partial charge in [-0.2, -0.15) is 0 Å². The Bertz CT molecular complexity index is 531. The maximum Gasteiger partial charge on any atom is 0.319 e. The van der Waals surface area contributed by atoms with Crippen LogP contribution in [-0.4, -0.2) is 36.9 Å². The van der Waals surface area contributed by atoms with Crippen molar-refractivity contribution >= 4 is 17.4 Å². The van der Waals surface area contributed by atoms with E-state index in [1.807, 2.05) is 6.92 Å². The smallest absolute Gasteiger partial charge is 0.319 e. The highest BCUT2D eigenvalue weighted by Gasteiger charge is 2.15. The molecule has 0 bridgehead atoms. The van der Waals surface area contributed by atoms with Gasteiger partial charge in [-0.3, -0.25) is 0 Å². The van der Waals surface area contributed by atoms with E-state index in [1.165, 1.54) is 12.1 Å². The summed E-state index contributed by atoms with van der Waals surface area (Å²) in [6.45, 7) is 5.99. The van der Waals surface area contributed by atoms with E-state index in [2.05, 4.69) is 15.5 Å². The van der Waals surface area contributed by atoms with Crippen LogP contribution in [0.1, 0.15) is 33.1 Å². The first-order valence-electron chi connectivity index (χ1n) is 8.22. The van der Waals surface area contributed by atoms with Crippen LogP contribution in [0.2, 0.25) is 0 Å². The molecule has 0 spiro atoms. The largest absolute Gasteiger partial charge is 0.393 e. The van der Waals surface area contributed by atoms with Crippen LogP contribution in [0.25, 0.3) is 0 Å². The number of anilines is 2. The molecule has 0 radical (unpaired) electrons. The van der Waals surface area contributed by atoms with Gasteiger partial charge < -0.3 is 20.6 Å². The fourth-order valence-electron chi connectivity index (χ4n) is 2.91. The maximum atomic E-state index is 13.8. The second-order valence-corrected chi connectivity index (χ2v) is 6.42. The van der Waals surface area contributed by atoms with E-state index in [0.29, 0.717) is 18.7 Å². The Hall–Kier alpha value is -1.82. The van der Waals surface area contributed by atoms with E-state index in [0.717, 1.165) is 31.6 Å². The van der Waals surface area contributed by atoms with E-state index in [4.69, 9.17) is 0 Å². The monoisotopic (exact) mass is 323 g/mol. The number of carbonyl (C=O) groups excluding carboxylic acids is 1. The van der Waals surface area contributed by atoms with Crippen molar-refractivity contribution in [2.45, 2.75) is 39.2 Å². The van der Waals surface area contributed by atoms with Crippen LogP contribution in [0, 0.1) is 11.7 Å². The molecule has 23 heavy (non-hydrogen) atoms. The number of aliphatic hydroxyl groups excluding tert-OH is 1. The summed E-state index contributed by atoms with van der Waals surface area (Å²) >= 11 is 0. The van der Waals surface area contributed by atoms with Crippen molar-refractivity contribution in [2.24, 2.45) is 5.92 Å². The zero-order valence-corrected chi connectivity index (χ0v) is 13.8. The number of benzene rings is 1. The Morgan fingerprint density at radius 2 is 2.00 bits per heavy atom. The number of nitrogens with zero attached hydrogens (tertiary/aromatic N) is 1. The van der Waals surface area contributed by atoms with E-state index in [1.54, 1.807) is 13.0 Å². The van der Waals surface area contributed by atoms with Crippen molar-refractivity contribution in [3.8, 4) is 0 Å². The third kappa shape index (κ3) is 5.71. The third-order valence-electron chi connectivity index (χ3n) is 3.97. The highest BCUT2D eigenvalue weighted by molar-refractivity contribution is 5.89. The van der Waals surface area contributed by atoms with Gasteiger partial charge in [0.2, 0.25) is 0 Å². The summed E-state index contributed by atoms with van der Waals surface area (Å²) in [7, 11) is 0. The summed E-state index contributed by atoms with van der Waals surface area (Å²) in [6.07, 6.45) is 2.46. The molecule has 1 aliphatic heterocycles. The van der Waals surface area contributed by atoms with Gasteiger partial charge >= 0.3 is 6.03 Å². The summed E-state index contributed by atoms with van der Waals surface area (Å²) in [5.74, 6) is -0.180. The van der Waals surface area contributed by atoms with Crippen molar-refractivity contribution in [1.82, 2.24) is 5.32 Å². The predicted octanol–water partition coefficient (Wildman–Crippen LogP) is 2.95. The van der Waals surface area contributed by atoms with Crippen LogP contribution in [0.15, 0.2) is 18.2 Å². The molecule has 5 nitrogen and oxygen atoms in total. The molecule has 1 aromatic carbocycles. The molecule has 128 valence electrons. The predicted molar refractivity (Wildman–Crippen MR) is 90.3 cm³/mol. The first-order valence-corrected chi connectivity index (χ1v) is 8.22. The molecule has 0 saturated carbocycles. The highest BCUT2D eigenvalue weighted by atomic mass is 19.1. The van der Waals surface area contributed by atoms with Crippen LogP contribution >= 0.6 is 0 Å². The molecular formula is C17H26FN3O2. The zero-order chi connectivity index (χ0) is 16.8. The summed E-state index contributed by atoms with van der Waals surface area (Å²) in [5, 5.41) is 14.7. The zero-order valence-electron chi connectivity index (χ0n) is 13.8. The molecule has 1 heterocycles. The molecule has 3 N–H and O–H groups in total. The Balaban J connectivity index is 1.90. The molecule has 2 atom stereocenters. The van der Waals surface area contributed by atoms with Gasteiger partial charge in [-0.05, 0) is 50.3 Å². The van der Waals surface area contributed by atoms with Crippen LogP contribution in [0.5, 0.6) is 0 Å². The lowest BCUT2D eigenvalue weighted by molar-refractivity contribution is 0.163. The fourth-order valence-corrected chi connectivity index (χ4v) is 2.91. The summed E-state index contributed by atoms with van der Waals surface area (Å²) in [5.41, 5.74) is 1.26. The first kappa shape index (κ1) is 17.5. The minimum absolute atomic E-state index is 0.174. The van der Waals surface area contributed by atoms with Crippen LogP contribution in [-0.2, 0) is 0 Å². The SMILES string of the molecule is CC(O)CC(C)CNC(=O)Nc1cc(F)cc(N2CCCC2)c1.